The third-order valence-corrected chi connectivity index (χ3v) is 3.82. The van der Waals surface area contributed by atoms with Crippen LogP contribution in [-0.2, 0) is 20.6 Å². The van der Waals surface area contributed by atoms with Gasteiger partial charge in [-0.2, -0.15) is 0 Å². The van der Waals surface area contributed by atoms with E-state index < -0.39 is 5.79 Å². The van der Waals surface area contributed by atoms with E-state index in [2.05, 4.69) is 61.0 Å². The maximum absolute atomic E-state index is 5.93. The van der Waals surface area contributed by atoms with Gasteiger partial charge in [-0.1, -0.05) is 61.0 Å². The van der Waals surface area contributed by atoms with Crippen molar-refractivity contribution in [2.24, 2.45) is 5.41 Å². The van der Waals surface area contributed by atoms with E-state index in [1.807, 2.05) is 0 Å². The predicted octanol–water partition coefficient (Wildman–Crippen LogP) is 3.83. The number of hydrogen-bond donors (Lipinski definition) is 0. The Morgan fingerprint density at radius 3 is 2.06 bits per heavy atom. The second-order valence-electron chi connectivity index (χ2n) is 5.39. The largest absolute Gasteiger partial charge is 0.343 e. The number of hydrogen-bond acceptors (Lipinski definition) is 2. The monoisotopic (exact) mass is 298 g/mol. The molecule has 0 unspecified atom stereocenters. The molecule has 1 aliphatic heterocycles. The molecule has 0 atom stereocenters. The molecule has 1 aromatic rings. The minimum Gasteiger partial charge on any atom is -0.343 e. The number of halogens is 1. The zero-order chi connectivity index (χ0) is 12.5. The van der Waals surface area contributed by atoms with Crippen LogP contribution < -0.4 is 0 Å². The molecule has 0 bridgehead atoms. The molecule has 1 aromatic carbocycles. The van der Waals surface area contributed by atoms with Gasteiger partial charge in [0.15, 0.2) is 5.79 Å². The molecule has 17 heavy (non-hydrogen) atoms. The van der Waals surface area contributed by atoms with E-state index in [4.69, 9.17) is 9.47 Å². The van der Waals surface area contributed by atoms with Crippen LogP contribution in [0, 0.1) is 5.41 Å². The van der Waals surface area contributed by atoms with E-state index in [0.29, 0.717) is 13.2 Å². The number of ether oxygens (including phenoxy) is 2. The lowest BCUT2D eigenvalue weighted by Crippen LogP contribution is -2.41. The van der Waals surface area contributed by atoms with Gasteiger partial charge in [-0.15, -0.1) is 0 Å². The quantitative estimate of drug-likeness (QED) is 0.773. The fraction of sp³-hybridized carbons (Fsp3) is 0.571. The zero-order valence-corrected chi connectivity index (χ0v) is 12.2. The lowest BCUT2D eigenvalue weighted by Gasteiger charge is -2.39. The van der Waals surface area contributed by atoms with Gasteiger partial charge in [0, 0.05) is 16.3 Å². The molecule has 0 aliphatic carbocycles. The summed E-state index contributed by atoms with van der Waals surface area (Å²) in [6.45, 7) is 7.78. The fourth-order valence-electron chi connectivity index (χ4n) is 2.26. The van der Waals surface area contributed by atoms with Crippen LogP contribution in [-0.4, -0.2) is 13.2 Å². The van der Waals surface area contributed by atoms with Gasteiger partial charge in [0.1, 0.15) is 0 Å². The van der Waals surface area contributed by atoms with Crippen LogP contribution in [0.3, 0.4) is 0 Å². The Morgan fingerprint density at radius 2 is 1.65 bits per heavy atom. The van der Waals surface area contributed by atoms with Gasteiger partial charge < -0.3 is 9.47 Å². The first kappa shape index (κ1) is 13.1. The standard InChI is InChI=1S/C14H19BrO2/c1-13(2,3)14(16-8-9-17-14)12-6-4-11(10-15)5-7-12/h4-7H,8-10H2,1-3H3. The van der Waals surface area contributed by atoms with Crippen molar-refractivity contribution in [1.29, 1.82) is 0 Å². The van der Waals surface area contributed by atoms with Gasteiger partial charge >= 0.3 is 0 Å². The van der Waals surface area contributed by atoms with E-state index in [-0.39, 0.29) is 5.41 Å². The van der Waals surface area contributed by atoms with E-state index in [0.717, 1.165) is 10.9 Å². The first-order valence-electron chi connectivity index (χ1n) is 5.93. The number of alkyl halides is 1. The molecule has 1 aliphatic rings. The molecule has 94 valence electrons. The second kappa shape index (κ2) is 4.71. The van der Waals surface area contributed by atoms with Crippen molar-refractivity contribution in [1.82, 2.24) is 0 Å². The van der Waals surface area contributed by atoms with Crippen LogP contribution in [0.2, 0.25) is 0 Å². The molecule has 3 heteroatoms. The highest BCUT2D eigenvalue weighted by molar-refractivity contribution is 9.08. The van der Waals surface area contributed by atoms with Crippen LogP contribution >= 0.6 is 15.9 Å². The summed E-state index contributed by atoms with van der Waals surface area (Å²) in [5.41, 5.74) is 2.28. The SMILES string of the molecule is CC(C)(C)C1(c2ccc(CBr)cc2)OCCO1. The van der Waals surface area contributed by atoms with E-state index in [9.17, 15) is 0 Å². The highest BCUT2D eigenvalue weighted by Crippen LogP contribution is 2.46. The van der Waals surface area contributed by atoms with Crippen LogP contribution in [0.4, 0.5) is 0 Å². The fourth-order valence-corrected chi connectivity index (χ4v) is 2.63. The van der Waals surface area contributed by atoms with E-state index >= 15 is 0 Å². The molecule has 1 heterocycles. The molecule has 0 amide bonds. The molecule has 1 fully saturated rings. The van der Waals surface area contributed by atoms with Crippen molar-refractivity contribution in [2.45, 2.75) is 31.9 Å². The van der Waals surface area contributed by atoms with Crippen LogP contribution in [0.1, 0.15) is 31.9 Å². The van der Waals surface area contributed by atoms with Crippen molar-refractivity contribution in [3.05, 3.63) is 35.4 Å². The Bertz CT molecular complexity index is 372. The van der Waals surface area contributed by atoms with Crippen molar-refractivity contribution >= 4 is 15.9 Å². The highest BCUT2D eigenvalue weighted by Gasteiger charge is 2.48. The minimum atomic E-state index is -0.599. The third kappa shape index (κ3) is 2.28. The average molecular weight is 299 g/mol. The molecule has 0 radical (unpaired) electrons. The highest BCUT2D eigenvalue weighted by atomic mass is 79.9. The minimum absolute atomic E-state index is 0.0839. The van der Waals surface area contributed by atoms with Gasteiger partial charge in [0.25, 0.3) is 0 Å². The Balaban J connectivity index is 2.39. The molecular weight excluding hydrogens is 280 g/mol. The summed E-state index contributed by atoms with van der Waals surface area (Å²) < 4.78 is 11.9. The summed E-state index contributed by atoms with van der Waals surface area (Å²) in [5, 5.41) is 0.873. The molecule has 0 spiro atoms. The van der Waals surface area contributed by atoms with E-state index in [1.54, 1.807) is 0 Å². The zero-order valence-electron chi connectivity index (χ0n) is 10.6. The average Bonchev–Trinajstić information content (AvgIpc) is 2.79. The van der Waals surface area contributed by atoms with Crippen molar-refractivity contribution in [2.75, 3.05) is 13.2 Å². The van der Waals surface area contributed by atoms with Gasteiger partial charge in [-0.25, -0.2) is 0 Å². The molecule has 0 aromatic heterocycles. The summed E-state index contributed by atoms with van der Waals surface area (Å²) in [6.07, 6.45) is 0. The summed E-state index contributed by atoms with van der Waals surface area (Å²) in [7, 11) is 0. The topological polar surface area (TPSA) is 18.5 Å². The van der Waals surface area contributed by atoms with Crippen molar-refractivity contribution < 1.29 is 9.47 Å². The Morgan fingerprint density at radius 1 is 1.12 bits per heavy atom. The molecule has 0 N–H and O–H groups in total. The normalized spacial score (nSPS) is 19.5. The molecule has 2 rings (SSSR count). The summed E-state index contributed by atoms with van der Waals surface area (Å²) in [5.74, 6) is -0.599. The lowest BCUT2D eigenvalue weighted by atomic mass is 9.80. The van der Waals surface area contributed by atoms with Gasteiger partial charge in [-0.3, -0.25) is 0 Å². The van der Waals surface area contributed by atoms with Gasteiger partial charge in [0.05, 0.1) is 13.2 Å². The maximum Gasteiger partial charge on any atom is 0.199 e. The summed E-state index contributed by atoms with van der Waals surface area (Å²) >= 11 is 3.46. The van der Waals surface area contributed by atoms with Gasteiger partial charge in [-0.05, 0) is 5.56 Å². The van der Waals surface area contributed by atoms with Gasteiger partial charge in [0.2, 0.25) is 0 Å². The first-order chi connectivity index (χ1) is 7.99. The first-order valence-corrected chi connectivity index (χ1v) is 7.05. The third-order valence-electron chi connectivity index (χ3n) is 3.17. The smallest absolute Gasteiger partial charge is 0.199 e. The Labute approximate surface area is 111 Å². The molecular formula is C14H19BrO2. The number of benzene rings is 1. The van der Waals surface area contributed by atoms with Crippen molar-refractivity contribution in [3.8, 4) is 0 Å². The summed E-state index contributed by atoms with van der Waals surface area (Å²) in [6, 6.07) is 8.44. The van der Waals surface area contributed by atoms with Crippen molar-refractivity contribution in [3.63, 3.8) is 0 Å². The molecule has 1 saturated heterocycles. The lowest BCUT2D eigenvalue weighted by molar-refractivity contribution is -0.232. The Hall–Kier alpha value is -0.380. The second-order valence-corrected chi connectivity index (χ2v) is 5.95. The molecule has 0 saturated carbocycles. The van der Waals surface area contributed by atoms with Crippen LogP contribution in [0.5, 0.6) is 0 Å². The Kier molecular flexibility index (Phi) is 3.62. The molecule has 2 nitrogen and oxygen atoms in total. The number of rotatable bonds is 2. The van der Waals surface area contributed by atoms with E-state index in [1.165, 1.54) is 5.56 Å². The van der Waals surface area contributed by atoms with Crippen LogP contribution in [0.15, 0.2) is 24.3 Å². The maximum atomic E-state index is 5.93. The van der Waals surface area contributed by atoms with Crippen LogP contribution in [0.25, 0.3) is 0 Å². The summed E-state index contributed by atoms with van der Waals surface area (Å²) in [4.78, 5) is 0. The predicted molar refractivity (Wildman–Crippen MR) is 72.1 cm³/mol.